The van der Waals surface area contributed by atoms with Crippen LogP contribution in [0.4, 0.5) is 18.9 Å². The van der Waals surface area contributed by atoms with Crippen LogP contribution in [-0.4, -0.2) is 21.1 Å². The molecule has 0 bridgehead atoms. The SMILES string of the molecule is O=C(Nc1ccc(Cl)c(C(F)(F)F)c1)c1cc(-c2ccccn2)n[nH]1. The third-order valence-electron chi connectivity index (χ3n) is 3.28. The third-order valence-corrected chi connectivity index (χ3v) is 3.61. The van der Waals surface area contributed by atoms with Gasteiger partial charge in [-0.3, -0.25) is 14.9 Å². The van der Waals surface area contributed by atoms with Crippen LogP contribution < -0.4 is 5.32 Å². The number of carbonyl (C=O) groups is 1. The number of alkyl halides is 3. The summed E-state index contributed by atoms with van der Waals surface area (Å²) in [6, 6.07) is 9.81. The molecule has 0 fully saturated rings. The van der Waals surface area contributed by atoms with Gasteiger partial charge >= 0.3 is 6.18 Å². The average molecular weight is 367 g/mol. The lowest BCUT2D eigenvalue weighted by molar-refractivity contribution is -0.137. The zero-order valence-electron chi connectivity index (χ0n) is 12.4. The monoisotopic (exact) mass is 366 g/mol. The molecule has 1 amide bonds. The second-order valence-corrected chi connectivity index (χ2v) is 5.44. The average Bonchev–Trinajstić information content (AvgIpc) is 3.06. The molecule has 9 heteroatoms. The Balaban J connectivity index is 1.81. The highest BCUT2D eigenvalue weighted by Crippen LogP contribution is 2.36. The van der Waals surface area contributed by atoms with Gasteiger partial charge < -0.3 is 5.32 Å². The zero-order valence-corrected chi connectivity index (χ0v) is 13.2. The van der Waals surface area contributed by atoms with E-state index >= 15 is 0 Å². The van der Waals surface area contributed by atoms with Crippen LogP contribution in [0.2, 0.25) is 5.02 Å². The van der Waals surface area contributed by atoms with Gasteiger partial charge in [0.05, 0.1) is 16.3 Å². The normalized spacial score (nSPS) is 11.4. The van der Waals surface area contributed by atoms with E-state index in [9.17, 15) is 18.0 Å². The molecule has 5 nitrogen and oxygen atoms in total. The van der Waals surface area contributed by atoms with Gasteiger partial charge in [-0.15, -0.1) is 0 Å². The van der Waals surface area contributed by atoms with Gasteiger partial charge in [-0.1, -0.05) is 17.7 Å². The van der Waals surface area contributed by atoms with Crippen molar-refractivity contribution in [2.24, 2.45) is 0 Å². The molecule has 0 unspecified atom stereocenters. The fourth-order valence-electron chi connectivity index (χ4n) is 2.10. The van der Waals surface area contributed by atoms with Gasteiger partial charge in [-0.25, -0.2) is 0 Å². The largest absolute Gasteiger partial charge is 0.417 e. The molecule has 2 aromatic heterocycles. The van der Waals surface area contributed by atoms with E-state index in [0.29, 0.717) is 11.4 Å². The van der Waals surface area contributed by atoms with E-state index in [0.717, 1.165) is 12.1 Å². The molecule has 3 aromatic rings. The number of hydrogen-bond donors (Lipinski definition) is 2. The second kappa shape index (κ2) is 6.56. The maximum Gasteiger partial charge on any atom is 0.417 e. The predicted octanol–water partition coefficient (Wildman–Crippen LogP) is 4.40. The summed E-state index contributed by atoms with van der Waals surface area (Å²) in [4.78, 5) is 16.3. The Hall–Kier alpha value is -2.87. The molecule has 0 atom stereocenters. The maximum atomic E-state index is 12.9. The van der Waals surface area contributed by atoms with Crippen LogP contribution in [0.25, 0.3) is 11.4 Å². The van der Waals surface area contributed by atoms with Gasteiger partial charge in [0.2, 0.25) is 0 Å². The number of anilines is 1. The number of rotatable bonds is 3. The topological polar surface area (TPSA) is 70.7 Å². The molecule has 2 N–H and O–H groups in total. The lowest BCUT2D eigenvalue weighted by atomic mass is 10.2. The van der Waals surface area contributed by atoms with E-state index < -0.39 is 22.7 Å². The fraction of sp³-hybridized carbons (Fsp3) is 0.0625. The molecule has 25 heavy (non-hydrogen) atoms. The van der Waals surface area contributed by atoms with Gasteiger partial charge in [0.15, 0.2) is 0 Å². The number of aromatic amines is 1. The first-order valence-electron chi connectivity index (χ1n) is 6.99. The molecule has 2 heterocycles. The van der Waals surface area contributed by atoms with E-state index in [2.05, 4.69) is 20.5 Å². The number of halogens is 4. The van der Waals surface area contributed by atoms with Crippen molar-refractivity contribution >= 4 is 23.2 Å². The Morgan fingerprint density at radius 1 is 1.12 bits per heavy atom. The van der Waals surface area contributed by atoms with Crippen molar-refractivity contribution in [1.82, 2.24) is 15.2 Å². The minimum absolute atomic E-state index is 0.0317. The van der Waals surface area contributed by atoms with Crippen molar-refractivity contribution in [3.63, 3.8) is 0 Å². The van der Waals surface area contributed by atoms with Crippen LogP contribution in [0.5, 0.6) is 0 Å². The number of amides is 1. The van der Waals surface area contributed by atoms with E-state index in [-0.39, 0.29) is 11.4 Å². The van der Waals surface area contributed by atoms with Crippen LogP contribution in [-0.2, 0) is 6.18 Å². The molecule has 0 aliphatic carbocycles. The molecule has 0 saturated heterocycles. The molecule has 0 aliphatic heterocycles. The van der Waals surface area contributed by atoms with Crippen molar-refractivity contribution in [3.05, 3.63) is 64.9 Å². The summed E-state index contributed by atoms with van der Waals surface area (Å²) in [5, 5.41) is 8.43. The van der Waals surface area contributed by atoms with Crippen LogP contribution >= 0.6 is 11.6 Å². The highest BCUT2D eigenvalue weighted by Gasteiger charge is 2.33. The Labute approximate surface area is 144 Å². The van der Waals surface area contributed by atoms with Crippen LogP contribution in [0, 0.1) is 0 Å². The molecular formula is C16H10ClF3N4O. The minimum atomic E-state index is -4.61. The molecule has 0 aliphatic rings. The smallest absolute Gasteiger partial charge is 0.321 e. The molecule has 0 radical (unpaired) electrons. The number of aromatic nitrogens is 3. The minimum Gasteiger partial charge on any atom is -0.321 e. The van der Waals surface area contributed by atoms with Gasteiger partial charge in [0.1, 0.15) is 11.4 Å². The lowest BCUT2D eigenvalue weighted by Crippen LogP contribution is -2.14. The molecule has 0 spiro atoms. The van der Waals surface area contributed by atoms with Crippen LogP contribution in [0.3, 0.4) is 0 Å². The second-order valence-electron chi connectivity index (χ2n) is 5.03. The first-order valence-corrected chi connectivity index (χ1v) is 7.37. The summed E-state index contributed by atoms with van der Waals surface area (Å²) >= 11 is 5.55. The van der Waals surface area contributed by atoms with Crippen molar-refractivity contribution in [2.45, 2.75) is 6.18 Å². The molecule has 0 saturated carbocycles. The summed E-state index contributed by atoms with van der Waals surface area (Å²) < 4.78 is 38.6. The van der Waals surface area contributed by atoms with Crippen molar-refractivity contribution < 1.29 is 18.0 Å². The summed E-state index contributed by atoms with van der Waals surface area (Å²) in [5.74, 6) is -0.634. The fourth-order valence-corrected chi connectivity index (χ4v) is 2.33. The van der Waals surface area contributed by atoms with Crippen LogP contribution in [0.15, 0.2) is 48.7 Å². The van der Waals surface area contributed by atoms with E-state index in [1.54, 1.807) is 24.4 Å². The van der Waals surface area contributed by atoms with Gasteiger partial charge in [0.25, 0.3) is 5.91 Å². The summed E-state index contributed by atoms with van der Waals surface area (Å²) in [5.41, 5.74) is 0.0344. The van der Waals surface area contributed by atoms with Crippen molar-refractivity contribution in [2.75, 3.05) is 5.32 Å². The molecule has 128 valence electrons. The number of benzene rings is 1. The highest BCUT2D eigenvalue weighted by molar-refractivity contribution is 6.31. The molecule has 1 aromatic carbocycles. The number of H-pyrrole nitrogens is 1. The standard InChI is InChI=1S/C16H10ClF3N4O/c17-11-5-4-9(7-10(11)16(18,19)20)22-15(25)14-8-13(23-24-14)12-3-1-2-6-21-12/h1-8H,(H,22,25)(H,23,24). The first kappa shape index (κ1) is 17.0. The number of carbonyl (C=O) groups excluding carboxylic acids is 1. The quantitative estimate of drug-likeness (QED) is 0.722. The van der Waals surface area contributed by atoms with Crippen LogP contribution in [0.1, 0.15) is 16.1 Å². The summed E-state index contributed by atoms with van der Waals surface area (Å²) in [6.07, 6.45) is -3.03. The lowest BCUT2D eigenvalue weighted by Gasteiger charge is -2.11. The van der Waals surface area contributed by atoms with Gasteiger partial charge in [-0.2, -0.15) is 18.3 Å². The third kappa shape index (κ3) is 3.80. The maximum absolute atomic E-state index is 12.9. The van der Waals surface area contributed by atoms with Gasteiger partial charge in [-0.05, 0) is 36.4 Å². The van der Waals surface area contributed by atoms with E-state index in [4.69, 9.17) is 11.6 Å². The number of pyridine rings is 1. The number of nitrogens with zero attached hydrogens (tertiary/aromatic N) is 2. The Morgan fingerprint density at radius 3 is 2.60 bits per heavy atom. The zero-order chi connectivity index (χ0) is 18.0. The predicted molar refractivity (Wildman–Crippen MR) is 86.2 cm³/mol. The highest BCUT2D eigenvalue weighted by atomic mass is 35.5. The number of hydrogen-bond acceptors (Lipinski definition) is 3. The summed E-state index contributed by atoms with van der Waals surface area (Å²) in [7, 11) is 0. The summed E-state index contributed by atoms with van der Waals surface area (Å²) in [6.45, 7) is 0. The molecule has 3 rings (SSSR count). The molecular weight excluding hydrogens is 357 g/mol. The van der Waals surface area contributed by atoms with E-state index in [1.165, 1.54) is 12.1 Å². The van der Waals surface area contributed by atoms with Crippen molar-refractivity contribution in [1.29, 1.82) is 0 Å². The van der Waals surface area contributed by atoms with E-state index in [1.807, 2.05) is 0 Å². The van der Waals surface area contributed by atoms with Crippen molar-refractivity contribution in [3.8, 4) is 11.4 Å². The van der Waals surface area contributed by atoms with Gasteiger partial charge in [0, 0.05) is 11.9 Å². The number of nitrogens with one attached hydrogen (secondary N) is 2. The Kier molecular flexibility index (Phi) is 4.45. The Bertz CT molecular complexity index is 909. The Morgan fingerprint density at radius 2 is 1.92 bits per heavy atom. The first-order chi connectivity index (χ1) is 11.8.